The van der Waals surface area contributed by atoms with Crippen LogP contribution in [-0.4, -0.2) is 34.1 Å². The molecule has 5 rings (SSSR count). The van der Waals surface area contributed by atoms with Gasteiger partial charge < -0.3 is 9.47 Å². The summed E-state index contributed by atoms with van der Waals surface area (Å²) >= 11 is 3.37. The van der Waals surface area contributed by atoms with Gasteiger partial charge in [-0.3, -0.25) is 25.0 Å². The highest BCUT2D eigenvalue weighted by molar-refractivity contribution is 9.10. The van der Waals surface area contributed by atoms with Crippen molar-refractivity contribution in [2.24, 2.45) is 5.10 Å². The van der Waals surface area contributed by atoms with Crippen LogP contribution in [0.25, 0.3) is 22.2 Å². The number of amides is 1. The normalized spacial score (nSPS) is 10.9. The average molecular weight is 642 g/mol. The lowest BCUT2D eigenvalue weighted by molar-refractivity contribution is -0.394. The van der Waals surface area contributed by atoms with Gasteiger partial charge in [-0.05, 0) is 51.8 Å². The number of hydrogen-bond donors (Lipinski definition) is 1. The van der Waals surface area contributed by atoms with Crippen molar-refractivity contribution < 1.29 is 24.1 Å². The number of rotatable bonds is 9. The average Bonchev–Trinajstić information content (AvgIpc) is 3.01. The number of aromatic nitrogens is 1. The fraction of sp³-hybridized carbons (Fsp3) is 0.0333. The molecule has 0 bridgehead atoms. The van der Waals surface area contributed by atoms with Crippen molar-refractivity contribution in [3.05, 3.63) is 127 Å². The first-order valence-electron chi connectivity index (χ1n) is 12.5. The molecule has 1 N–H and O–H groups in total. The van der Waals surface area contributed by atoms with Crippen molar-refractivity contribution in [3.63, 3.8) is 0 Å². The van der Waals surface area contributed by atoms with Gasteiger partial charge in [-0.2, -0.15) is 5.10 Å². The van der Waals surface area contributed by atoms with Crippen molar-refractivity contribution in [3.8, 4) is 28.5 Å². The number of benzene rings is 4. The van der Waals surface area contributed by atoms with Gasteiger partial charge in [0, 0.05) is 17.0 Å². The van der Waals surface area contributed by atoms with E-state index in [1.54, 1.807) is 18.2 Å². The Balaban J connectivity index is 1.40. The van der Waals surface area contributed by atoms with Crippen LogP contribution in [0.1, 0.15) is 15.9 Å². The Morgan fingerprint density at radius 2 is 1.67 bits per heavy atom. The van der Waals surface area contributed by atoms with Crippen LogP contribution in [0.4, 0.5) is 11.4 Å². The zero-order valence-corrected chi connectivity index (χ0v) is 23.8. The third-order valence-electron chi connectivity index (χ3n) is 6.22. The van der Waals surface area contributed by atoms with E-state index in [4.69, 9.17) is 14.5 Å². The Hall–Kier alpha value is -5.69. The quantitative estimate of drug-likeness (QED) is 0.102. The maximum absolute atomic E-state index is 13.2. The largest absolute Gasteiger partial charge is 0.493 e. The van der Waals surface area contributed by atoms with Gasteiger partial charge in [0.15, 0.2) is 11.5 Å². The molecule has 0 saturated heterocycles. The number of nitrogens with zero attached hydrogens (tertiary/aromatic N) is 4. The molecule has 0 aliphatic heterocycles. The molecule has 13 heteroatoms. The number of nitro benzene ring substituents is 2. The molecule has 0 saturated carbocycles. The predicted molar refractivity (Wildman–Crippen MR) is 163 cm³/mol. The van der Waals surface area contributed by atoms with E-state index in [1.165, 1.54) is 13.3 Å². The second-order valence-corrected chi connectivity index (χ2v) is 9.79. The number of para-hydroxylation sites is 1. The molecular weight excluding hydrogens is 622 g/mol. The fourth-order valence-corrected chi connectivity index (χ4v) is 4.76. The Bertz CT molecular complexity index is 1920. The molecule has 1 amide bonds. The lowest BCUT2D eigenvalue weighted by Crippen LogP contribution is -2.18. The van der Waals surface area contributed by atoms with Crippen molar-refractivity contribution in [1.82, 2.24) is 10.4 Å². The van der Waals surface area contributed by atoms with Crippen LogP contribution >= 0.6 is 15.9 Å². The second kappa shape index (κ2) is 12.4. The maximum Gasteiger partial charge on any atom is 0.318 e. The lowest BCUT2D eigenvalue weighted by atomic mass is 10.0. The summed E-state index contributed by atoms with van der Waals surface area (Å²) in [6, 6.07) is 24.7. The zero-order chi connectivity index (χ0) is 30.5. The third kappa shape index (κ3) is 6.31. The number of hydrazone groups is 1. The molecule has 0 unspecified atom stereocenters. The van der Waals surface area contributed by atoms with Gasteiger partial charge in [-0.15, -0.1) is 0 Å². The summed E-state index contributed by atoms with van der Waals surface area (Å²) in [6.07, 6.45) is 1.39. The number of pyridine rings is 1. The summed E-state index contributed by atoms with van der Waals surface area (Å²) in [4.78, 5) is 39.0. The fourth-order valence-electron chi connectivity index (χ4n) is 4.22. The second-order valence-electron chi connectivity index (χ2n) is 8.94. The Labute approximate surface area is 252 Å². The molecule has 5 aromatic rings. The minimum absolute atomic E-state index is 0.0948. The van der Waals surface area contributed by atoms with E-state index in [0.29, 0.717) is 32.2 Å². The number of non-ortho nitro benzene ring substituents is 1. The molecular formula is C30H20BrN5O7. The smallest absolute Gasteiger partial charge is 0.318 e. The van der Waals surface area contributed by atoms with Gasteiger partial charge in [0.2, 0.25) is 5.75 Å². The van der Waals surface area contributed by atoms with Crippen molar-refractivity contribution in [1.29, 1.82) is 0 Å². The van der Waals surface area contributed by atoms with Gasteiger partial charge >= 0.3 is 5.69 Å². The number of nitrogens with one attached hydrogen (secondary N) is 1. The first-order chi connectivity index (χ1) is 20.7. The molecule has 1 heterocycles. The Kier molecular flexibility index (Phi) is 8.34. The van der Waals surface area contributed by atoms with Crippen LogP contribution in [-0.2, 0) is 0 Å². The van der Waals surface area contributed by atoms with E-state index in [1.807, 2.05) is 54.6 Å². The van der Waals surface area contributed by atoms with Gasteiger partial charge in [0.25, 0.3) is 11.6 Å². The van der Waals surface area contributed by atoms with Crippen LogP contribution in [0.2, 0.25) is 0 Å². The highest BCUT2D eigenvalue weighted by atomic mass is 79.9. The first-order valence-corrected chi connectivity index (χ1v) is 13.3. The number of methoxy groups -OCH3 is 1. The SMILES string of the molecule is COc1cc(/C=N/NC(=O)c2cc(-c3ccccc3)nc3ccccc23)cc(Br)c1Oc1ccc([N+](=O)[O-])cc1[N+](=O)[O-]. The number of ether oxygens (including phenoxy) is 2. The van der Waals surface area contributed by atoms with Crippen molar-refractivity contribution in [2.45, 2.75) is 0 Å². The zero-order valence-electron chi connectivity index (χ0n) is 22.3. The molecule has 0 radical (unpaired) electrons. The summed E-state index contributed by atoms with van der Waals surface area (Å²) in [5.74, 6) is -0.383. The van der Waals surface area contributed by atoms with Crippen LogP contribution in [0.15, 0.2) is 101 Å². The maximum atomic E-state index is 13.2. The van der Waals surface area contributed by atoms with Gasteiger partial charge in [0.05, 0.1) is 50.5 Å². The van der Waals surface area contributed by atoms with Crippen LogP contribution in [0.5, 0.6) is 17.2 Å². The highest BCUT2D eigenvalue weighted by Gasteiger charge is 2.23. The third-order valence-corrected chi connectivity index (χ3v) is 6.81. The van der Waals surface area contributed by atoms with Crippen LogP contribution in [0.3, 0.4) is 0 Å². The Morgan fingerprint density at radius 3 is 2.40 bits per heavy atom. The van der Waals surface area contributed by atoms with Gasteiger partial charge in [0.1, 0.15) is 0 Å². The molecule has 0 aliphatic carbocycles. The van der Waals surface area contributed by atoms with Crippen molar-refractivity contribution in [2.75, 3.05) is 7.11 Å². The summed E-state index contributed by atoms with van der Waals surface area (Å²) in [7, 11) is 1.38. The van der Waals surface area contributed by atoms with Crippen LogP contribution < -0.4 is 14.9 Å². The van der Waals surface area contributed by atoms with E-state index < -0.39 is 27.1 Å². The van der Waals surface area contributed by atoms with E-state index in [-0.39, 0.29) is 17.2 Å². The van der Waals surface area contributed by atoms with E-state index >= 15 is 0 Å². The Morgan fingerprint density at radius 1 is 0.930 bits per heavy atom. The number of fused-ring (bicyclic) bond motifs is 1. The van der Waals surface area contributed by atoms with Gasteiger partial charge in [-0.1, -0.05) is 48.5 Å². The molecule has 0 fully saturated rings. The predicted octanol–water partition coefficient (Wildman–Crippen LogP) is 7.05. The summed E-state index contributed by atoms with van der Waals surface area (Å²) in [5, 5.41) is 27.3. The molecule has 4 aromatic carbocycles. The minimum atomic E-state index is -0.777. The molecule has 0 spiro atoms. The van der Waals surface area contributed by atoms with Crippen molar-refractivity contribution >= 4 is 50.3 Å². The standard InChI is InChI=1S/C30H20BrN5O7/c1-42-28-14-18(13-23(31)29(28)43-27-12-11-20(35(38)39)15-26(27)36(40)41)17-32-34-30(37)22-16-25(19-7-3-2-4-8-19)33-24-10-6-5-9-21(22)24/h2-17H,1H3,(H,34,37)/b32-17+. The highest BCUT2D eigenvalue weighted by Crippen LogP contribution is 2.42. The lowest BCUT2D eigenvalue weighted by Gasteiger charge is -2.13. The number of halogens is 1. The summed E-state index contributed by atoms with van der Waals surface area (Å²) in [5.41, 5.74) is 4.58. The number of carbonyl (C=O) groups is 1. The van der Waals surface area contributed by atoms with E-state index in [9.17, 15) is 25.0 Å². The molecule has 1 aromatic heterocycles. The first kappa shape index (κ1) is 28.8. The number of nitro groups is 2. The van der Waals surface area contributed by atoms with Gasteiger partial charge in [-0.25, -0.2) is 10.4 Å². The molecule has 12 nitrogen and oxygen atoms in total. The van der Waals surface area contributed by atoms with Crippen LogP contribution in [0, 0.1) is 20.2 Å². The van der Waals surface area contributed by atoms with E-state index in [0.717, 1.165) is 23.8 Å². The monoisotopic (exact) mass is 641 g/mol. The summed E-state index contributed by atoms with van der Waals surface area (Å²) < 4.78 is 11.5. The topological polar surface area (TPSA) is 159 Å². The minimum Gasteiger partial charge on any atom is -0.493 e. The molecule has 214 valence electrons. The molecule has 43 heavy (non-hydrogen) atoms. The van der Waals surface area contributed by atoms with E-state index in [2.05, 4.69) is 26.5 Å². The molecule has 0 aliphatic rings. The molecule has 0 atom stereocenters. The summed E-state index contributed by atoms with van der Waals surface area (Å²) in [6.45, 7) is 0. The number of carbonyl (C=O) groups excluding carboxylic acids is 1. The number of hydrogen-bond acceptors (Lipinski definition) is 9.